The lowest BCUT2D eigenvalue weighted by molar-refractivity contribution is 0.305. The lowest BCUT2D eigenvalue weighted by Gasteiger charge is -2.28. The highest BCUT2D eigenvalue weighted by Crippen LogP contribution is 2.23. The van der Waals surface area contributed by atoms with E-state index in [0.717, 1.165) is 6.42 Å². The molecule has 1 unspecified atom stereocenters. The second-order valence-corrected chi connectivity index (χ2v) is 6.41. The predicted molar refractivity (Wildman–Crippen MR) is 68.3 cm³/mol. The van der Waals surface area contributed by atoms with E-state index in [1.165, 1.54) is 16.4 Å². The highest BCUT2D eigenvalue weighted by atomic mass is 32.2. The van der Waals surface area contributed by atoms with Gasteiger partial charge >= 0.3 is 0 Å². The molecule has 0 aliphatic carbocycles. The predicted octanol–water partition coefficient (Wildman–Crippen LogP) is 1.48. The van der Waals surface area contributed by atoms with Crippen LogP contribution in [0.1, 0.15) is 18.4 Å². The second kappa shape index (κ2) is 5.40. The monoisotopic (exact) mass is 275 g/mol. The fourth-order valence-electron chi connectivity index (χ4n) is 2.14. The standard InChI is InChI=1S/C13H13N3O2S/c14-8-11-3-1-5-13(7-11)19(17,18)16-6-2-4-12(9-15)10-16/h1,3,5,7,12H,2,4,6,10H2. The molecule has 0 amide bonds. The van der Waals surface area contributed by atoms with Crippen molar-refractivity contribution in [1.82, 2.24) is 4.31 Å². The molecular formula is C13H13N3O2S. The fraction of sp³-hybridized carbons (Fsp3) is 0.385. The molecule has 1 aliphatic heterocycles. The van der Waals surface area contributed by atoms with Crippen LogP contribution in [0.4, 0.5) is 0 Å². The number of hydrogen-bond donors (Lipinski definition) is 0. The Kier molecular flexibility index (Phi) is 3.84. The summed E-state index contributed by atoms with van der Waals surface area (Å²) in [7, 11) is -3.61. The Morgan fingerprint density at radius 1 is 1.32 bits per heavy atom. The van der Waals surface area contributed by atoms with E-state index in [2.05, 4.69) is 6.07 Å². The van der Waals surface area contributed by atoms with Gasteiger partial charge in [-0.2, -0.15) is 14.8 Å². The van der Waals surface area contributed by atoms with Gasteiger partial charge < -0.3 is 0 Å². The molecule has 1 aromatic rings. The molecule has 5 nitrogen and oxygen atoms in total. The summed E-state index contributed by atoms with van der Waals surface area (Å²) in [5.41, 5.74) is 0.315. The summed E-state index contributed by atoms with van der Waals surface area (Å²) in [6, 6.07) is 10.0. The largest absolute Gasteiger partial charge is 0.243 e. The summed E-state index contributed by atoms with van der Waals surface area (Å²) >= 11 is 0. The van der Waals surface area contributed by atoms with Crippen LogP contribution in [-0.2, 0) is 10.0 Å². The molecular weight excluding hydrogens is 262 g/mol. The Labute approximate surface area is 112 Å². The summed E-state index contributed by atoms with van der Waals surface area (Å²) in [6.07, 6.45) is 1.43. The molecule has 2 rings (SSSR count). The molecule has 6 heteroatoms. The topological polar surface area (TPSA) is 85.0 Å². The van der Waals surface area contributed by atoms with E-state index in [1.807, 2.05) is 6.07 Å². The Hall–Kier alpha value is -1.89. The first-order chi connectivity index (χ1) is 9.07. The Morgan fingerprint density at radius 2 is 2.11 bits per heavy atom. The number of sulfonamides is 1. The normalized spacial score (nSPS) is 20.4. The number of piperidine rings is 1. The SMILES string of the molecule is N#Cc1cccc(S(=O)(=O)N2CCCC(C#N)C2)c1. The minimum Gasteiger partial charge on any atom is -0.207 e. The zero-order chi connectivity index (χ0) is 13.9. The molecule has 1 heterocycles. The van der Waals surface area contributed by atoms with E-state index >= 15 is 0 Å². The van der Waals surface area contributed by atoms with E-state index in [4.69, 9.17) is 10.5 Å². The highest BCUT2D eigenvalue weighted by molar-refractivity contribution is 7.89. The maximum Gasteiger partial charge on any atom is 0.243 e. The van der Waals surface area contributed by atoms with Gasteiger partial charge in [-0.05, 0) is 31.0 Å². The summed E-state index contributed by atoms with van der Waals surface area (Å²) < 4.78 is 26.2. The van der Waals surface area contributed by atoms with Gasteiger partial charge in [-0.25, -0.2) is 8.42 Å². The lowest BCUT2D eigenvalue weighted by Crippen LogP contribution is -2.39. The van der Waals surface area contributed by atoms with Gasteiger partial charge in [-0.3, -0.25) is 0 Å². The number of nitrogens with zero attached hydrogens (tertiary/aromatic N) is 3. The van der Waals surface area contributed by atoms with Crippen LogP contribution in [0.5, 0.6) is 0 Å². The molecule has 98 valence electrons. The Bertz CT molecular complexity index is 655. The maximum absolute atomic E-state index is 12.4. The molecule has 1 aliphatic rings. The molecule has 0 bridgehead atoms. The first kappa shape index (κ1) is 13.5. The first-order valence-electron chi connectivity index (χ1n) is 5.98. The minimum atomic E-state index is -3.61. The Morgan fingerprint density at radius 3 is 2.79 bits per heavy atom. The van der Waals surface area contributed by atoms with E-state index in [-0.39, 0.29) is 17.4 Å². The molecule has 1 saturated heterocycles. The van der Waals surface area contributed by atoms with E-state index in [9.17, 15) is 8.42 Å². The van der Waals surface area contributed by atoms with Gasteiger partial charge in [0, 0.05) is 13.1 Å². The van der Waals surface area contributed by atoms with Crippen LogP contribution in [0.25, 0.3) is 0 Å². The van der Waals surface area contributed by atoms with Crippen LogP contribution in [0, 0.1) is 28.6 Å². The van der Waals surface area contributed by atoms with Gasteiger partial charge in [0.1, 0.15) is 0 Å². The average molecular weight is 275 g/mol. The van der Waals surface area contributed by atoms with E-state index < -0.39 is 10.0 Å². The van der Waals surface area contributed by atoms with Crippen LogP contribution >= 0.6 is 0 Å². The van der Waals surface area contributed by atoms with Crippen LogP contribution < -0.4 is 0 Å². The zero-order valence-electron chi connectivity index (χ0n) is 10.3. The summed E-state index contributed by atoms with van der Waals surface area (Å²) in [6.45, 7) is 0.660. The van der Waals surface area contributed by atoms with Crippen molar-refractivity contribution in [3.05, 3.63) is 29.8 Å². The third-order valence-corrected chi connectivity index (χ3v) is 5.03. The number of nitriles is 2. The summed E-state index contributed by atoms with van der Waals surface area (Å²) in [5, 5.41) is 17.7. The average Bonchev–Trinajstić information content (AvgIpc) is 2.47. The van der Waals surface area contributed by atoms with Gasteiger partial charge in [-0.1, -0.05) is 6.07 Å². The molecule has 1 atom stereocenters. The van der Waals surface area contributed by atoms with Crippen LogP contribution in [0.3, 0.4) is 0 Å². The van der Waals surface area contributed by atoms with Crippen LogP contribution in [0.2, 0.25) is 0 Å². The van der Waals surface area contributed by atoms with Crippen molar-refractivity contribution in [2.24, 2.45) is 5.92 Å². The molecule has 19 heavy (non-hydrogen) atoms. The van der Waals surface area contributed by atoms with E-state index in [1.54, 1.807) is 12.1 Å². The molecule has 1 fully saturated rings. The van der Waals surface area contributed by atoms with E-state index in [0.29, 0.717) is 18.5 Å². The van der Waals surface area contributed by atoms with Crippen LogP contribution in [0.15, 0.2) is 29.2 Å². The molecule has 0 saturated carbocycles. The highest BCUT2D eigenvalue weighted by Gasteiger charge is 2.30. The van der Waals surface area contributed by atoms with Gasteiger partial charge in [0.05, 0.1) is 28.5 Å². The molecule has 0 aromatic heterocycles. The van der Waals surface area contributed by atoms with Gasteiger partial charge in [0.15, 0.2) is 0 Å². The summed E-state index contributed by atoms with van der Waals surface area (Å²) in [5.74, 6) is -0.248. The summed E-state index contributed by atoms with van der Waals surface area (Å²) in [4.78, 5) is 0.116. The van der Waals surface area contributed by atoms with Crippen molar-refractivity contribution in [1.29, 1.82) is 10.5 Å². The van der Waals surface area contributed by atoms with Crippen molar-refractivity contribution in [2.45, 2.75) is 17.7 Å². The minimum absolute atomic E-state index is 0.116. The smallest absolute Gasteiger partial charge is 0.207 e. The van der Waals surface area contributed by atoms with Crippen molar-refractivity contribution < 1.29 is 8.42 Å². The third-order valence-electron chi connectivity index (χ3n) is 3.17. The van der Waals surface area contributed by atoms with Crippen molar-refractivity contribution in [3.63, 3.8) is 0 Å². The molecule has 0 spiro atoms. The zero-order valence-corrected chi connectivity index (χ0v) is 11.1. The Balaban J connectivity index is 2.32. The van der Waals surface area contributed by atoms with Crippen molar-refractivity contribution >= 4 is 10.0 Å². The van der Waals surface area contributed by atoms with Gasteiger partial charge in [0.2, 0.25) is 10.0 Å². The second-order valence-electron chi connectivity index (χ2n) is 4.47. The third kappa shape index (κ3) is 2.76. The van der Waals surface area contributed by atoms with Crippen molar-refractivity contribution in [2.75, 3.05) is 13.1 Å². The lowest BCUT2D eigenvalue weighted by atomic mass is 10.0. The first-order valence-corrected chi connectivity index (χ1v) is 7.42. The van der Waals surface area contributed by atoms with Gasteiger partial charge in [0.25, 0.3) is 0 Å². The molecule has 0 N–H and O–H groups in total. The maximum atomic E-state index is 12.4. The van der Waals surface area contributed by atoms with Crippen LogP contribution in [-0.4, -0.2) is 25.8 Å². The van der Waals surface area contributed by atoms with Crippen molar-refractivity contribution in [3.8, 4) is 12.1 Å². The quantitative estimate of drug-likeness (QED) is 0.818. The number of benzene rings is 1. The number of rotatable bonds is 2. The molecule has 0 radical (unpaired) electrons. The number of hydrogen-bond acceptors (Lipinski definition) is 4. The van der Waals surface area contributed by atoms with Gasteiger partial charge in [-0.15, -0.1) is 0 Å². The molecule has 1 aromatic carbocycles. The fourth-order valence-corrected chi connectivity index (χ4v) is 3.71.